The first-order valence-electron chi connectivity index (χ1n) is 6.10. The summed E-state index contributed by atoms with van der Waals surface area (Å²) in [5.74, 6) is 0.703. The molecule has 100 valence electrons. The molecular weight excluding hydrogens is 258 g/mol. The summed E-state index contributed by atoms with van der Waals surface area (Å²) in [4.78, 5) is 16.8. The normalized spacial score (nSPS) is 10.5. The molecule has 0 spiro atoms. The van der Waals surface area contributed by atoms with Gasteiger partial charge in [-0.2, -0.15) is 0 Å². The van der Waals surface area contributed by atoms with Crippen LogP contribution >= 0.6 is 11.3 Å². The number of ether oxygens (including phenoxy) is 1. The molecule has 0 N–H and O–H groups in total. The van der Waals surface area contributed by atoms with E-state index >= 15 is 0 Å². The topological polar surface area (TPSA) is 39.2 Å². The summed E-state index contributed by atoms with van der Waals surface area (Å²) in [6.07, 6.45) is 0.324. The van der Waals surface area contributed by atoms with Gasteiger partial charge >= 0.3 is 0 Å². The Kier molecular flexibility index (Phi) is 4.00. The van der Waals surface area contributed by atoms with Gasteiger partial charge in [-0.05, 0) is 38.0 Å². The van der Waals surface area contributed by atoms with Crippen molar-refractivity contribution in [2.45, 2.75) is 27.2 Å². The van der Waals surface area contributed by atoms with E-state index in [0.717, 1.165) is 21.8 Å². The lowest BCUT2D eigenvalue weighted by Gasteiger charge is -2.11. The van der Waals surface area contributed by atoms with Crippen LogP contribution in [-0.2, 0) is 6.42 Å². The molecule has 0 fully saturated rings. The number of carbonyl (C=O) groups is 1. The van der Waals surface area contributed by atoms with Gasteiger partial charge in [0.25, 0.3) is 0 Å². The highest BCUT2D eigenvalue weighted by molar-refractivity contribution is 7.09. The summed E-state index contributed by atoms with van der Waals surface area (Å²) in [7, 11) is 1.60. The van der Waals surface area contributed by atoms with E-state index in [1.54, 1.807) is 18.4 Å². The number of ketones is 1. The van der Waals surface area contributed by atoms with Crippen LogP contribution in [-0.4, -0.2) is 17.9 Å². The van der Waals surface area contributed by atoms with Crippen LogP contribution in [0.3, 0.4) is 0 Å². The van der Waals surface area contributed by atoms with E-state index in [4.69, 9.17) is 4.74 Å². The SMILES string of the molecule is COc1cc(C)cc(C)c1C(=O)Cc1csc(C)n1. The summed E-state index contributed by atoms with van der Waals surface area (Å²) in [6, 6.07) is 3.90. The molecule has 0 saturated carbocycles. The van der Waals surface area contributed by atoms with Gasteiger partial charge in [0.15, 0.2) is 5.78 Å². The summed E-state index contributed by atoms with van der Waals surface area (Å²) < 4.78 is 5.33. The molecule has 3 nitrogen and oxygen atoms in total. The van der Waals surface area contributed by atoms with Gasteiger partial charge in [-0.25, -0.2) is 4.98 Å². The second-order valence-electron chi connectivity index (χ2n) is 4.62. The number of benzene rings is 1. The minimum atomic E-state index is 0.0552. The van der Waals surface area contributed by atoms with E-state index in [0.29, 0.717) is 17.7 Å². The van der Waals surface area contributed by atoms with Crippen molar-refractivity contribution in [2.75, 3.05) is 7.11 Å². The predicted molar refractivity (Wildman–Crippen MR) is 77.4 cm³/mol. The summed E-state index contributed by atoms with van der Waals surface area (Å²) in [5, 5.41) is 2.92. The van der Waals surface area contributed by atoms with Gasteiger partial charge in [0.2, 0.25) is 0 Å². The standard InChI is InChI=1S/C15H17NO2S/c1-9-5-10(2)15(14(6-9)18-4)13(17)7-12-8-19-11(3)16-12/h5-6,8H,7H2,1-4H3. The third-order valence-corrected chi connectivity index (χ3v) is 3.77. The maximum Gasteiger partial charge on any atom is 0.172 e. The van der Waals surface area contributed by atoms with Crippen LogP contribution in [0.25, 0.3) is 0 Å². The molecule has 2 rings (SSSR count). The third kappa shape index (κ3) is 3.01. The van der Waals surface area contributed by atoms with Crippen molar-refractivity contribution in [3.05, 3.63) is 44.9 Å². The maximum atomic E-state index is 12.4. The average Bonchev–Trinajstić information content (AvgIpc) is 2.73. The van der Waals surface area contributed by atoms with Gasteiger partial charge in [-0.1, -0.05) is 6.07 Å². The average molecular weight is 275 g/mol. The van der Waals surface area contributed by atoms with Crippen molar-refractivity contribution in [2.24, 2.45) is 0 Å². The zero-order valence-corrected chi connectivity index (χ0v) is 12.4. The van der Waals surface area contributed by atoms with Crippen molar-refractivity contribution in [3.8, 4) is 5.75 Å². The highest BCUT2D eigenvalue weighted by Gasteiger charge is 2.17. The highest BCUT2D eigenvalue weighted by atomic mass is 32.1. The van der Waals surface area contributed by atoms with Gasteiger partial charge in [-0.15, -0.1) is 11.3 Å². The molecule has 0 aliphatic carbocycles. The number of aryl methyl sites for hydroxylation is 3. The first-order chi connectivity index (χ1) is 9.01. The van der Waals surface area contributed by atoms with Crippen molar-refractivity contribution < 1.29 is 9.53 Å². The zero-order chi connectivity index (χ0) is 14.0. The number of methoxy groups -OCH3 is 1. The first-order valence-corrected chi connectivity index (χ1v) is 6.98. The van der Waals surface area contributed by atoms with E-state index in [2.05, 4.69) is 4.98 Å². The number of hydrogen-bond acceptors (Lipinski definition) is 4. The van der Waals surface area contributed by atoms with Gasteiger partial charge in [0.1, 0.15) is 5.75 Å². The quantitative estimate of drug-likeness (QED) is 0.802. The summed E-state index contributed by atoms with van der Waals surface area (Å²) in [5.41, 5.74) is 3.54. The predicted octanol–water partition coefficient (Wildman–Crippen LogP) is 3.50. The number of Topliss-reactive ketones (excluding diaryl/α,β-unsaturated/α-hetero) is 1. The molecule has 0 atom stereocenters. The lowest BCUT2D eigenvalue weighted by atomic mass is 9.98. The van der Waals surface area contributed by atoms with E-state index in [1.807, 2.05) is 38.3 Å². The lowest BCUT2D eigenvalue weighted by molar-refractivity contribution is 0.0988. The van der Waals surface area contributed by atoms with Crippen LogP contribution < -0.4 is 4.74 Å². The Morgan fingerprint density at radius 3 is 2.63 bits per heavy atom. The van der Waals surface area contributed by atoms with Crippen LogP contribution in [0, 0.1) is 20.8 Å². The van der Waals surface area contributed by atoms with Crippen molar-refractivity contribution in [3.63, 3.8) is 0 Å². The molecule has 1 aromatic carbocycles. The second-order valence-corrected chi connectivity index (χ2v) is 5.68. The monoisotopic (exact) mass is 275 g/mol. The number of carbonyl (C=O) groups excluding carboxylic acids is 1. The Hall–Kier alpha value is -1.68. The molecule has 4 heteroatoms. The molecule has 0 saturated heterocycles. The molecule has 0 amide bonds. The molecule has 1 heterocycles. The molecule has 0 bridgehead atoms. The fourth-order valence-corrected chi connectivity index (χ4v) is 2.80. The summed E-state index contributed by atoms with van der Waals surface area (Å²) >= 11 is 1.56. The Bertz CT molecular complexity index is 617. The van der Waals surface area contributed by atoms with E-state index in [-0.39, 0.29) is 5.78 Å². The Morgan fingerprint density at radius 2 is 2.05 bits per heavy atom. The van der Waals surface area contributed by atoms with Crippen molar-refractivity contribution in [1.82, 2.24) is 4.98 Å². The fraction of sp³-hybridized carbons (Fsp3) is 0.333. The number of hydrogen-bond donors (Lipinski definition) is 0. The number of rotatable bonds is 4. The fourth-order valence-electron chi connectivity index (χ4n) is 2.19. The summed E-state index contributed by atoms with van der Waals surface area (Å²) in [6.45, 7) is 5.87. The van der Waals surface area contributed by atoms with Crippen LogP contribution in [0.5, 0.6) is 5.75 Å². The zero-order valence-electron chi connectivity index (χ0n) is 11.6. The Balaban J connectivity index is 2.33. The van der Waals surface area contributed by atoms with Gasteiger partial charge in [-0.3, -0.25) is 4.79 Å². The molecule has 0 aliphatic rings. The van der Waals surface area contributed by atoms with Crippen LogP contribution in [0.4, 0.5) is 0 Å². The van der Waals surface area contributed by atoms with Crippen molar-refractivity contribution in [1.29, 1.82) is 0 Å². The lowest BCUT2D eigenvalue weighted by Crippen LogP contribution is -2.08. The minimum Gasteiger partial charge on any atom is -0.496 e. The first kappa shape index (κ1) is 13.7. The van der Waals surface area contributed by atoms with Crippen molar-refractivity contribution >= 4 is 17.1 Å². The third-order valence-electron chi connectivity index (χ3n) is 2.95. The van der Waals surface area contributed by atoms with E-state index in [1.165, 1.54) is 0 Å². The maximum absolute atomic E-state index is 12.4. The van der Waals surface area contributed by atoms with Crippen LogP contribution in [0.15, 0.2) is 17.5 Å². The molecular formula is C15H17NO2S. The highest BCUT2D eigenvalue weighted by Crippen LogP contribution is 2.26. The Morgan fingerprint density at radius 1 is 1.32 bits per heavy atom. The molecule has 0 radical (unpaired) electrons. The van der Waals surface area contributed by atoms with E-state index < -0.39 is 0 Å². The second kappa shape index (κ2) is 5.53. The molecule has 0 unspecified atom stereocenters. The Labute approximate surface area is 117 Å². The van der Waals surface area contributed by atoms with Gasteiger partial charge < -0.3 is 4.74 Å². The minimum absolute atomic E-state index is 0.0552. The van der Waals surface area contributed by atoms with Crippen LogP contribution in [0.1, 0.15) is 32.2 Å². The van der Waals surface area contributed by atoms with E-state index in [9.17, 15) is 4.79 Å². The molecule has 19 heavy (non-hydrogen) atoms. The molecule has 2 aromatic rings. The van der Waals surface area contributed by atoms with Crippen LogP contribution in [0.2, 0.25) is 0 Å². The van der Waals surface area contributed by atoms with Gasteiger partial charge in [0, 0.05) is 5.38 Å². The molecule has 1 aromatic heterocycles. The number of thiazole rings is 1. The number of nitrogens with zero attached hydrogens (tertiary/aromatic N) is 1. The largest absolute Gasteiger partial charge is 0.496 e. The molecule has 0 aliphatic heterocycles. The number of aromatic nitrogens is 1. The smallest absolute Gasteiger partial charge is 0.172 e. The van der Waals surface area contributed by atoms with Gasteiger partial charge in [0.05, 0.1) is 29.8 Å².